The molecule has 1 aromatic heterocycles. The van der Waals surface area contributed by atoms with E-state index >= 15 is 0 Å². The fourth-order valence-corrected chi connectivity index (χ4v) is 3.69. The number of nitrogens with one attached hydrogen (secondary N) is 2. The molecule has 1 unspecified atom stereocenters. The van der Waals surface area contributed by atoms with Gasteiger partial charge in [0.1, 0.15) is 0 Å². The summed E-state index contributed by atoms with van der Waals surface area (Å²) in [6.45, 7) is 4.24. The topological polar surface area (TPSA) is 97.2 Å². The van der Waals surface area contributed by atoms with Crippen LogP contribution in [0.15, 0.2) is 32.8 Å². The molecule has 2 aromatic rings. The number of aryl methyl sites for hydroxylation is 1. The van der Waals surface area contributed by atoms with Gasteiger partial charge in [-0.25, -0.2) is 4.98 Å². The van der Waals surface area contributed by atoms with Crippen molar-refractivity contribution < 1.29 is 9.72 Å². The van der Waals surface area contributed by atoms with Crippen LogP contribution in [0.2, 0.25) is 0 Å². The molecule has 1 amide bonds. The van der Waals surface area contributed by atoms with E-state index in [-0.39, 0.29) is 23.2 Å². The van der Waals surface area contributed by atoms with Gasteiger partial charge in [-0.15, -0.1) is 11.3 Å². The van der Waals surface area contributed by atoms with Crippen molar-refractivity contribution in [3.05, 3.63) is 45.0 Å². The molecule has 1 atom stereocenters. The zero-order chi connectivity index (χ0) is 17.7. The number of carbonyl (C=O) groups excluding carboxylic acids is 1. The summed E-state index contributed by atoms with van der Waals surface area (Å²) in [5.41, 5.74) is 1.05. The predicted octanol–water partition coefficient (Wildman–Crippen LogP) is 2.85. The lowest BCUT2D eigenvalue weighted by atomic mass is 10.2. The maximum absolute atomic E-state index is 12.1. The number of hydrogen-bond acceptors (Lipinski definition) is 7. The fraction of sp³-hybridized carbons (Fsp3) is 0.333. The number of hydrogen-bond donors (Lipinski definition) is 2. The van der Waals surface area contributed by atoms with Crippen molar-refractivity contribution in [3.8, 4) is 0 Å². The lowest BCUT2D eigenvalue weighted by molar-refractivity contribution is -0.387. The van der Waals surface area contributed by atoms with Crippen molar-refractivity contribution >= 4 is 34.7 Å². The number of carbonyl (C=O) groups is 1. The number of likely N-dealkylation sites (N-methyl/N-ethyl adjacent to an activating group) is 1. The van der Waals surface area contributed by atoms with Crippen molar-refractivity contribution in [1.29, 1.82) is 0 Å². The minimum Gasteiger partial charge on any atom is -0.350 e. The number of benzene rings is 1. The van der Waals surface area contributed by atoms with Crippen LogP contribution in [0.1, 0.15) is 23.0 Å². The Kier molecular flexibility index (Phi) is 6.29. The molecule has 7 nitrogen and oxygen atoms in total. The third kappa shape index (κ3) is 4.76. The predicted molar refractivity (Wildman–Crippen MR) is 94.9 cm³/mol. The largest absolute Gasteiger partial charge is 0.350 e. The van der Waals surface area contributed by atoms with E-state index in [1.165, 1.54) is 29.2 Å². The Labute approximate surface area is 148 Å². The van der Waals surface area contributed by atoms with Crippen LogP contribution in [0.4, 0.5) is 5.69 Å². The van der Waals surface area contributed by atoms with Crippen molar-refractivity contribution in [2.24, 2.45) is 0 Å². The van der Waals surface area contributed by atoms with Gasteiger partial charge in [-0.05, 0) is 33.0 Å². The van der Waals surface area contributed by atoms with Crippen LogP contribution in [-0.4, -0.2) is 35.4 Å². The van der Waals surface area contributed by atoms with Crippen LogP contribution in [0, 0.1) is 17.0 Å². The highest BCUT2D eigenvalue weighted by Crippen LogP contribution is 2.36. The first kappa shape index (κ1) is 18.4. The van der Waals surface area contributed by atoms with Crippen LogP contribution in [0.3, 0.4) is 0 Å². The summed E-state index contributed by atoms with van der Waals surface area (Å²) in [5, 5.41) is 19.0. The molecule has 2 N–H and O–H groups in total. The second kappa shape index (κ2) is 8.22. The molecule has 0 aliphatic carbocycles. The Balaban J connectivity index is 2.19. The van der Waals surface area contributed by atoms with E-state index < -0.39 is 4.92 Å². The molecule has 0 spiro atoms. The fourth-order valence-electron chi connectivity index (χ4n) is 1.81. The highest BCUT2D eigenvalue weighted by molar-refractivity contribution is 8.01. The molecule has 0 radical (unpaired) electrons. The zero-order valence-electron chi connectivity index (χ0n) is 13.5. The average Bonchev–Trinajstić information content (AvgIpc) is 2.97. The molecule has 1 heterocycles. The number of thiazole rings is 1. The third-order valence-corrected chi connectivity index (χ3v) is 5.40. The number of nitrogens with zero attached hydrogens (tertiary/aromatic N) is 2. The van der Waals surface area contributed by atoms with E-state index in [2.05, 4.69) is 15.6 Å². The van der Waals surface area contributed by atoms with Crippen LogP contribution in [0.25, 0.3) is 0 Å². The molecule has 0 bridgehead atoms. The lowest BCUT2D eigenvalue weighted by Gasteiger charge is -2.11. The molecule has 24 heavy (non-hydrogen) atoms. The maximum Gasteiger partial charge on any atom is 0.284 e. The van der Waals surface area contributed by atoms with Crippen LogP contribution >= 0.6 is 23.1 Å². The SMILES string of the molecule is CNC(C)CNC(=O)c1ccc(Sc2nc(C)cs2)c([N+](=O)[O-])c1. The first-order chi connectivity index (χ1) is 11.4. The number of aromatic nitrogens is 1. The number of nitro benzene ring substituents is 1. The lowest BCUT2D eigenvalue weighted by Crippen LogP contribution is -2.37. The summed E-state index contributed by atoms with van der Waals surface area (Å²) in [5.74, 6) is -0.332. The monoisotopic (exact) mass is 366 g/mol. The van der Waals surface area contributed by atoms with Gasteiger partial charge < -0.3 is 10.6 Å². The van der Waals surface area contributed by atoms with Crippen molar-refractivity contribution in [3.63, 3.8) is 0 Å². The van der Waals surface area contributed by atoms with Crippen LogP contribution in [-0.2, 0) is 0 Å². The van der Waals surface area contributed by atoms with E-state index in [1.807, 2.05) is 19.2 Å². The van der Waals surface area contributed by atoms with Crippen molar-refractivity contribution in [2.75, 3.05) is 13.6 Å². The highest BCUT2D eigenvalue weighted by Gasteiger charge is 2.19. The second-order valence-electron chi connectivity index (χ2n) is 5.20. The quantitative estimate of drug-likeness (QED) is 0.578. The van der Waals surface area contributed by atoms with E-state index in [9.17, 15) is 14.9 Å². The second-order valence-corrected chi connectivity index (χ2v) is 7.34. The van der Waals surface area contributed by atoms with E-state index in [0.717, 1.165) is 10.0 Å². The first-order valence-electron chi connectivity index (χ1n) is 7.24. The van der Waals surface area contributed by atoms with Crippen molar-refractivity contribution in [2.45, 2.75) is 29.1 Å². The minimum atomic E-state index is -0.476. The smallest absolute Gasteiger partial charge is 0.284 e. The standard InChI is InChI=1S/C15H18N4O3S2/c1-9(16-3)7-17-14(20)11-4-5-13(12(6-11)19(21)22)24-15-18-10(2)8-23-15/h4-6,8-9,16H,7H2,1-3H3,(H,17,20). The third-order valence-electron chi connectivity index (χ3n) is 3.27. The summed E-state index contributed by atoms with van der Waals surface area (Å²) in [7, 11) is 1.80. The van der Waals surface area contributed by atoms with Gasteiger partial charge in [0, 0.05) is 35.3 Å². The van der Waals surface area contributed by atoms with E-state index in [4.69, 9.17) is 0 Å². The normalized spacial score (nSPS) is 12.0. The van der Waals surface area contributed by atoms with E-state index in [1.54, 1.807) is 19.2 Å². The summed E-state index contributed by atoms with van der Waals surface area (Å²) in [6.07, 6.45) is 0. The Morgan fingerprint density at radius 2 is 2.25 bits per heavy atom. The molecule has 2 rings (SSSR count). The first-order valence-corrected chi connectivity index (χ1v) is 8.94. The molecule has 128 valence electrons. The summed E-state index contributed by atoms with van der Waals surface area (Å²) in [6, 6.07) is 4.61. The molecule has 0 aliphatic rings. The molecule has 0 saturated heterocycles. The van der Waals surface area contributed by atoms with Crippen LogP contribution in [0.5, 0.6) is 0 Å². The number of rotatable bonds is 7. The zero-order valence-corrected chi connectivity index (χ0v) is 15.2. The molecule has 9 heteroatoms. The Bertz CT molecular complexity index is 748. The minimum absolute atomic E-state index is 0.0952. The van der Waals surface area contributed by atoms with Gasteiger partial charge in [0.2, 0.25) is 0 Å². The Morgan fingerprint density at radius 3 is 2.83 bits per heavy atom. The maximum atomic E-state index is 12.1. The van der Waals surface area contributed by atoms with Gasteiger partial charge in [0.15, 0.2) is 4.34 Å². The van der Waals surface area contributed by atoms with E-state index in [0.29, 0.717) is 11.4 Å². The number of nitro groups is 1. The summed E-state index contributed by atoms with van der Waals surface area (Å²) < 4.78 is 0.732. The molecule has 0 saturated carbocycles. The molecule has 1 aromatic carbocycles. The molecule has 0 aliphatic heterocycles. The van der Waals surface area contributed by atoms with Gasteiger partial charge in [-0.1, -0.05) is 11.8 Å². The highest BCUT2D eigenvalue weighted by atomic mass is 32.2. The van der Waals surface area contributed by atoms with Crippen molar-refractivity contribution in [1.82, 2.24) is 15.6 Å². The molecular formula is C15H18N4O3S2. The number of amides is 1. The average molecular weight is 366 g/mol. The van der Waals surface area contributed by atoms with Gasteiger partial charge >= 0.3 is 0 Å². The van der Waals surface area contributed by atoms with Gasteiger partial charge in [-0.2, -0.15) is 0 Å². The van der Waals surface area contributed by atoms with Gasteiger partial charge in [0.25, 0.3) is 11.6 Å². The molecular weight excluding hydrogens is 348 g/mol. The van der Waals surface area contributed by atoms with Crippen LogP contribution < -0.4 is 10.6 Å². The Hall–Kier alpha value is -1.97. The van der Waals surface area contributed by atoms with Gasteiger partial charge in [-0.3, -0.25) is 14.9 Å². The van der Waals surface area contributed by atoms with Gasteiger partial charge in [0.05, 0.1) is 9.82 Å². The molecule has 0 fully saturated rings. The Morgan fingerprint density at radius 1 is 1.50 bits per heavy atom. The summed E-state index contributed by atoms with van der Waals surface area (Å²) >= 11 is 2.66. The summed E-state index contributed by atoms with van der Waals surface area (Å²) in [4.78, 5) is 27.8.